The summed E-state index contributed by atoms with van der Waals surface area (Å²) in [7, 11) is 4.11. The van der Waals surface area contributed by atoms with Crippen LogP contribution < -0.4 is 10.2 Å². The van der Waals surface area contributed by atoms with Crippen molar-refractivity contribution in [2.45, 2.75) is 44.6 Å². The number of nitrogens with zero attached hydrogens (tertiary/aromatic N) is 4. The number of hydrogen-bond acceptors (Lipinski definition) is 5. The number of piperidine rings is 3. The molecule has 3 aliphatic heterocycles. The lowest BCUT2D eigenvalue weighted by Gasteiger charge is -2.49. The third kappa shape index (κ3) is 4.31. The Morgan fingerprint density at radius 2 is 1.94 bits per heavy atom. The lowest BCUT2D eigenvalue weighted by Crippen LogP contribution is -2.56. The molecule has 0 radical (unpaired) electrons. The maximum atomic E-state index is 12.1. The zero-order chi connectivity index (χ0) is 21.5. The quantitative estimate of drug-likeness (QED) is 0.779. The van der Waals surface area contributed by atoms with Crippen molar-refractivity contribution in [3.05, 3.63) is 41.9 Å². The van der Waals surface area contributed by atoms with Crippen molar-refractivity contribution in [2.24, 2.45) is 11.8 Å². The second kappa shape index (κ2) is 8.23. The summed E-state index contributed by atoms with van der Waals surface area (Å²) in [6.07, 6.45) is 4.50. The van der Waals surface area contributed by atoms with Crippen LogP contribution in [0.1, 0.15) is 43.1 Å². The molecule has 1 aromatic carbocycles. The summed E-state index contributed by atoms with van der Waals surface area (Å²) in [4.78, 5) is 26.3. The van der Waals surface area contributed by atoms with Crippen LogP contribution in [0.15, 0.2) is 30.3 Å². The van der Waals surface area contributed by atoms with E-state index in [1.165, 1.54) is 17.8 Å². The number of fused-ring (bicyclic) bond motifs is 3. The van der Waals surface area contributed by atoms with Gasteiger partial charge in [-0.25, -0.2) is 9.97 Å². The van der Waals surface area contributed by atoms with Gasteiger partial charge in [-0.05, 0) is 63.3 Å². The van der Waals surface area contributed by atoms with Crippen LogP contribution in [-0.4, -0.2) is 60.5 Å². The summed E-state index contributed by atoms with van der Waals surface area (Å²) >= 11 is 0. The summed E-state index contributed by atoms with van der Waals surface area (Å²) in [6.45, 7) is 4.96. The maximum absolute atomic E-state index is 12.1. The van der Waals surface area contributed by atoms with E-state index in [0.717, 1.165) is 56.0 Å². The Balaban J connectivity index is 1.31. The molecule has 4 atom stereocenters. The van der Waals surface area contributed by atoms with E-state index in [9.17, 15) is 4.79 Å². The third-order valence-corrected chi connectivity index (χ3v) is 7.26. The van der Waals surface area contributed by atoms with Crippen LogP contribution in [0.5, 0.6) is 0 Å². The minimum absolute atomic E-state index is 0.260. The summed E-state index contributed by atoms with van der Waals surface area (Å²) in [6, 6.07) is 11.3. The molecule has 6 rings (SSSR count). The van der Waals surface area contributed by atoms with Crippen LogP contribution in [0.4, 0.5) is 5.69 Å². The molecule has 164 valence electrons. The number of carbonyl (C=O) groups excluding carboxylic acids is 1. The zero-order valence-corrected chi connectivity index (χ0v) is 18.8. The Morgan fingerprint density at radius 3 is 2.58 bits per heavy atom. The van der Waals surface area contributed by atoms with E-state index in [-0.39, 0.29) is 11.8 Å². The van der Waals surface area contributed by atoms with Crippen molar-refractivity contribution >= 4 is 11.6 Å². The van der Waals surface area contributed by atoms with Crippen LogP contribution in [0.25, 0.3) is 11.3 Å². The zero-order valence-electron chi connectivity index (χ0n) is 18.8. The topological polar surface area (TPSA) is 61.4 Å². The largest absolute Gasteiger partial charge is 0.378 e. The first-order valence-electron chi connectivity index (χ1n) is 11.6. The summed E-state index contributed by atoms with van der Waals surface area (Å²) in [5.74, 6) is 2.47. The normalized spacial score (nSPS) is 27.2. The minimum atomic E-state index is 0.260. The monoisotopic (exact) mass is 419 g/mol. The predicted octanol–water partition coefficient (Wildman–Crippen LogP) is 3.22. The molecular weight excluding hydrogens is 386 g/mol. The first-order chi connectivity index (χ1) is 15.0. The number of anilines is 1. The molecule has 1 saturated carbocycles. The van der Waals surface area contributed by atoms with E-state index in [1.807, 2.05) is 6.92 Å². The van der Waals surface area contributed by atoms with E-state index in [1.54, 1.807) is 0 Å². The van der Waals surface area contributed by atoms with Crippen molar-refractivity contribution < 1.29 is 4.79 Å². The number of carbonyl (C=O) groups is 1. The first kappa shape index (κ1) is 20.4. The van der Waals surface area contributed by atoms with Gasteiger partial charge in [-0.2, -0.15) is 0 Å². The average Bonchev–Trinajstić information content (AvgIpc) is 3.63. The molecule has 6 nitrogen and oxygen atoms in total. The highest BCUT2D eigenvalue weighted by molar-refractivity contribution is 5.80. The Hall–Kier alpha value is -2.47. The van der Waals surface area contributed by atoms with Gasteiger partial charge in [0.25, 0.3) is 0 Å². The van der Waals surface area contributed by atoms with Gasteiger partial charge < -0.3 is 10.2 Å². The fourth-order valence-electron chi connectivity index (χ4n) is 5.25. The smallest absolute Gasteiger partial charge is 0.223 e. The molecule has 1 aromatic heterocycles. The Labute approximate surface area is 185 Å². The van der Waals surface area contributed by atoms with Crippen LogP contribution in [0, 0.1) is 18.8 Å². The summed E-state index contributed by atoms with van der Waals surface area (Å²) < 4.78 is 0. The van der Waals surface area contributed by atoms with Gasteiger partial charge in [-0.15, -0.1) is 0 Å². The second-order valence-corrected chi connectivity index (χ2v) is 9.73. The van der Waals surface area contributed by atoms with Gasteiger partial charge in [0.1, 0.15) is 5.82 Å². The molecule has 1 aliphatic carbocycles. The van der Waals surface area contributed by atoms with E-state index in [4.69, 9.17) is 9.97 Å². The number of aromatic nitrogens is 2. The number of hydrogen-bond donors (Lipinski definition) is 1. The molecule has 3 saturated heterocycles. The van der Waals surface area contributed by atoms with Crippen LogP contribution in [-0.2, 0) is 4.79 Å². The number of nitrogens with one attached hydrogen (secondary N) is 1. The van der Waals surface area contributed by atoms with Crippen molar-refractivity contribution in [3.8, 4) is 11.3 Å². The SMILES string of the molecule is Cc1nc(-c2ccc(N(C)C)cc2)cc([C@@H]2CN3CC[C@H]2C[C@@H]3CNC(=O)C2CC2)n1. The van der Waals surface area contributed by atoms with Crippen molar-refractivity contribution in [1.82, 2.24) is 20.2 Å². The van der Waals surface area contributed by atoms with E-state index >= 15 is 0 Å². The highest BCUT2D eigenvalue weighted by Crippen LogP contribution is 2.42. The fraction of sp³-hybridized carbons (Fsp3) is 0.560. The molecule has 31 heavy (non-hydrogen) atoms. The van der Waals surface area contributed by atoms with Crippen LogP contribution in [0.2, 0.25) is 0 Å². The number of amides is 1. The van der Waals surface area contributed by atoms with Gasteiger partial charge in [0, 0.05) is 62.0 Å². The molecule has 6 heteroatoms. The second-order valence-electron chi connectivity index (χ2n) is 9.73. The van der Waals surface area contributed by atoms with Crippen molar-refractivity contribution in [2.75, 3.05) is 38.6 Å². The summed E-state index contributed by atoms with van der Waals surface area (Å²) in [5, 5.41) is 3.20. The first-order valence-corrected chi connectivity index (χ1v) is 11.6. The molecule has 4 fully saturated rings. The predicted molar refractivity (Wildman–Crippen MR) is 123 cm³/mol. The Morgan fingerprint density at radius 1 is 1.16 bits per heavy atom. The van der Waals surface area contributed by atoms with Crippen molar-refractivity contribution in [1.29, 1.82) is 0 Å². The molecule has 4 heterocycles. The van der Waals surface area contributed by atoms with Gasteiger partial charge in [0.05, 0.1) is 5.69 Å². The Kier molecular flexibility index (Phi) is 5.42. The fourth-order valence-corrected chi connectivity index (χ4v) is 5.25. The maximum Gasteiger partial charge on any atom is 0.223 e. The highest BCUT2D eigenvalue weighted by atomic mass is 16.2. The number of aryl methyl sites for hydroxylation is 1. The highest BCUT2D eigenvalue weighted by Gasteiger charge is 2.42. The third-order valence-electron chi connectivity index (χ3n) is 7.26. The van der Waals surface area contributed by atoms with Gasteiger partial charge in [-0.3, -0.25) is 9.69 Å². The van der Waals surface area contributed by atoms with Gasteiger partial charge in [0.15, 0.2) is 0 Å². The molecule has 1 unspecified atom stereocenters. The molecule has 2 aromatic rings. The van der Waals surface area contributed by atoms with E-state index in [0.29, 0.717) is 17.9 Å². The Bertz CT molecular complexity index is 953. The van der Waals surface area contributed by atoms with Crippen LogP contribution >= 0.6 is 0 Å². The molecule has 4 aliphatic rings. The van der Waals surface area contributed by atoms with E-state index < -0.39 is 0 Å². The average molecular weight is 420 g/mol. The van der Waals surface area contributed by atoms with Crippen LogP contribution in [0.3, 0.4) is 0 Å². The molecule has 2 bridgehead atoms. The molecular formula is C25H33N5O. The van der Waals surface area contributed by atoms with Gasteiger partial charge in [0.2, 0.25) is 5.91 Å². The lowest BCUT2D eigenvalue weighted by atomic mass is 9.74. The number of benzene rings is 1. The lowest BCUT2D eigenvalue weighted by molar-refractivity contribution is -0.122. The van der Waals surface area contributed by atoms with Crippen molar-refractivity contribution in [3.63, 3.8) is 0 Å². The number of rotatable bonds is 6. The standard InChI is InChI=1S/C25H33N5O/c1-16-27-23(17-6-8-20(9-7-17)29(2)3)13-24(28-16)22-15-30-11-10-19(22)12-21(30)14-26-25(31)18-4-5-18/h6-9,13,18-19,21-22H,4-5,10-12,14-15H2,1-3H3,(H,26,31)/t19-,21+,22+/m0/s1. The van der Waals surface area contributed by atoms with Gasteiger partial charge in [-0.1, -0.05) is 12.1 Å². The van der Waals surface area contributed by atoms with Gasteiger partial charge >= 0.3 is 0 Å². The molecule has 1 N–H and O–H groups in total. The van der Waals surface area contributed by atoms with E-state index in [2.05, 4.69) is 59.5 Å². The minimum Gasteiger partial charge on any atom is -0.378 e. The molecule has 0 spiro atoms. The molecule has 1 amide bonds. The summed E-state index contributed by atoms with van der Waals surface area (Å²) in [5.41, 5.74) is 4.51.